The summed E-state index contributed by atoms with van der Waals surface area (Å²) in [6.07, 6.45) is 0. The van der Waals surface area contributed by atoms with Crippen molar-refractivity contribution in [2.45, 2.75) is 0 Å². The average molecular weight is 251 g/mol. The second-order valence-electron chi connectivity index (χ2n) is 2.60. The third-order valence-corrected chi connectivity index (χ3v) is 1.96. The summed E-state index contributed by atoms with van der Waals surface area (Å²) in [6, 6.07) is 5.86. The third kappa shape index (κ3) is 2.57. The number of rotatable bonds is 1. The molecule has 0 atom stereocenters. The number of halogens is 2. The first-order chi connectivity index (χ1) is 5.11. The van der Waals surface area contributed by atoms with Crippen LogP contribution in [-0.4, -0.2) is 14.1 Å². The van der Waals surface area contributed by atoms with Gasteiger partial charge in [0.2, 0.25) is 0 Å². The van der Waals surface area contributed by atoms with Gasteiger partial charge in [-0.25, -0.2) is 0 Å². The molecule has 0 saturated heterocycles. The molecule has 0 radical (unpaired) electrons. The van der Waals surface area contributed by atoms with Gasteiger partial charge in [0.25, 0.3) is 0 Å². The zero-order valence-corrected chi connectivity index (χ0v) is 9.35. The molecule has 2 nitrogen and oxygen atoms in total. The van der Waals surface area contributed by atoms with E-state index in [-0.39, 0.29) is 12.4 Å². The zero-order chi connectivity index (χ0) is 8.43. The lowest BCUT2D eigenvalue weighted by Crippen LogP contribution is -3.00. The van der Waals surface area contributed by atoms with Crippen molar-refractivity contribution < 1.29 is 12.4 Å². The number of nitrogens with zero attached hydrogens (tertiary/aromatic N) is 1. The summed E-state index contributed by atoms with van der Waals surface area (Å²) in [5, 5.41) is 0. The van der Waals surface area contributed by atoms with Crippen LogP contribution in [0.25, 0.3) is 0 Å². The molecule has 2 N–H and O–H groups in total. The van der Waals surface area contributed by atoms with Gasteiger partial charge in [-0.1, -0.05) is 15.9 Å². The Kier molecular flexibility index (Phi) is 4.42. The lowest BCUT2D eigenvalue weighted by atomic mass is 10.2. The zero-order valence-electron chi connectivity index (χ0n) is 7.01. The van der Waals surface area contributed by atoms with E-state index in [1.165, 1.54) is 0 Å². The molecule has 0 aliphatic heterocycles. The van der Waals surface area contributed by atoms with E-state index >= 15 is 0 Å². The van der Waals surface area contributed by atoms with E-state index < -0.39 is 0 Å². The second-order valence-corrected chi connectivity index (χ2v) is 3.51. The Labute approximate surface area is 87.3 Å². The summed E-state index contributed by atoms with van der Waals surface area (Å²) in [5.74, 6) is 0. The summed E-state index contributed by atoms with van der Waals surface area (Å²) in [5.41, 5.74) is 7.60. The maximum absolute atomic E-state index is 5.75. The van der Waals surface area contributed by atoms with Gasteiger partial charge in [-0.3, -0.25) is 0 Å². The molecule has 0 aliphatic carbocycles. The van der Waals surface area contributed by atoms with Gasteiger partial charge < -0.3 is 23.0 Å². The highest BCUT2D eigenvalue weighted by atomic mass is 79.9. The van der Waals surface area contributed by atoms with E-state index in [1.54, 1.807) is 0 Å². The summed E-state index contributed by atoms with van der Waals surface area (Å²) >= 11 is 3.35. The van der Waals surface area contributed by atoms with Gasteiger partial charge in [0, 0.05) is 18.6 Å². The van der Waals surface area contributed by atoms with Crippen LogP contribution in [0.1, 0.15) is 0 Å². The molecule has 4 heteroatoms. The molecule has 0 saturated carbocycles. The molecule has 1 aromatic carbocycles. The highest BCUT2D eigenvalue weighted by Crippen LogP contribution is 2.24. The smallest absolute Gasteiger partial charge is 0.0595 e. The van der Waals surface area contributed by atoms with Gasteiger partial charge in [0.1, 0.15) is 0 Å². The van der Waals surface area contributed by atoms with Crippen LogP contribution < -0.4 is 23.0 Å². The van der Waals surface area contributed by atoms with Crippen molar-refractivity contribution in [2.24, 2.45) is 0 Å². The molecule has 0 heterocycles. The molecule has 0 fully saturated rings. The van der Waals surface area contributed by atoms with Gasteiger partial charge in [-0.15, -0.1) is 0 Å². The van der Waals surface area contributed by atoms with Crippen molar-refractivity contribution in [1.82, 2.24) is 0 Å². The molecule has 68 valence electrons. The summed E-state index contributed by atoms with van der Waals surface area (Å²) < 4.78 is 1.01. The van der Waals surface area contributed by atoms with Crippen LogP contribution in [0, 0.1) is 0 Å². The first kappa shape index (κ1) is 11.6. The predicted molar refractivity (Wildman–Crippen MR) is 52.9 cm³/mol. The Hall–Kier alpha value is -0.410. The van der Waals surface area contributed by atoms with E-state index in [4.69, 9.17) is 5.73 Å². The minimum Gasteiger partial charge on any atom is -1.00 e. The molecule has 0 aliphatic rings. The fourth-order valence-corrected chi connectivity index (χ4v) is 1.31. The number of nitrogens with two attached hydrogens (primary N) is 1. The maximum Gasteiger partial charge on any atom is 0.0595 e. The number of benzene rings is 1. The lowest BCUT2D eigenvalue weighted by molar-refractivity contribution is -0.00000223. The first-order valence-corrected chi connectivity index (χ1v) is 4.13. The quantitative estimate of drug-likeness (QED) is 0.655. The second kappa shape index (κ2) is 4.58. The van der Waals surface area contributed by atoms with E-state index in [2.05, 4.69) is 15.9 Å². The fraction of sp³-hybridized carbons (Fsp3) is 0.250. The number of hydrogen-bond donors (Lipinski definition) is 1. The fourth-order valence-electron chi connectivity index (χ4n) is 0.933. The molecular weight excluding hydrogens is 239 g/mol. The molecule has 0 aromatic heterocycles. The Morgan fingerprint density at radius 1 is 1.33 bits per heavy atom. The van der Waals surface area contributed by atoms with Crippen LogP contribution >= 0.6 is 15.9 Å². The van der Waals surface area contributed by atoms with Crippen molar-refractivity contribution in [2.75, 3.05) is 24.7 Å². The normalized spacial score (nSPS) is 8.92. The highest BCUT2D eigenvalue weighted by Gasteiger charge is 1.99. The van der Waals surface area contributed by atoms with Gasteiger partial charge in [0.15, 0.2) is 0 Å². The van der Waals surface area contributed by atoms with Crippen LogP contribution in [0.4, 0.5) is 11.4 Å². The maximum atomic E-state index is 5.75. The van der Waals surface area contributed by atoms with Crippen molar-refractivity contribution in [3.8, 4) is 0 Å². The Balaban J connectivity index is 0.00000121. The molecular formula is C8H11BrClN2-. The molecule has 1 aromatic rings. The minimum atomic E-state index is 0. The van der Waals surface area contributed by atoms with Crippen molar-refractivity contribution in [3.63, 3.8) is 0 Å². The molecule has 0 bridgehead atoms. The van der Waals surface area contributed by atoms with Crippen LogP contribution in [0.15, 0.2) is 22.7 Å². The SMILES string of the molecule is CN(C)c1ccc(Br)cc1N.[Cl-]. The molecule has 12 heavy (non-hydrogen) atoms. The minimum absolute atomic E-state index is 0. The van der Waals surface area contributed by atoms with Crippen LogP contribution in [-0.2, 0) is 0 Å². The topological polar surface area (TPSA) is 29.3 Å². The monoisotopic (exact) mass is 249 g/mol. The van der Waals surface area contributed by atoms with Gasteiger partial charge >= 0.3 is 0 Å². The van der Waals surface area contributed by atoms with Crippen molar-refractivity contribution in [1.29, 1.82) is 0 Å². The number of nitrogen functional groups attached to an aromatic ring is 1. The highest BCUT2D eigenvalue weighted by molar-refractivity contribution is 9.10. The predicted octanol–water partition coefficient (Wildman–Crippen LogP) is -0.899. The summed E-state index contributed by atoms with van der Waals surface area (Å²) in [6.45, 7) is 0. The van der Waals surface area contributed by atoms with Gasteiger partial charge in [-0.2, -0.15) is 0 Å². The van der Waals surface area contributed by atoms with E-state index in [0.29, 0.717) is 0 Å². The lowest BCUT2D eigenvalue weighted by Gasteiger charge is -2.14. The average Bonchev–Trinajstić information content (AvgIpc) is 1.85. The van der Waals surface area contributed by atoms with E-state index in [9.17, 15) is 0 Å². The van der Waals surface area contributed by atoms with Crippen molar-refractivity contribution >= 4 is 27.3 Å². The first-order valence-electron chi connectivity index (χ1n) is 3.33. The molecule has 1 rings (SSSR count). The number of hydrogen-bond acceptors (Lipinski definition) is 2. The number of anilines is 2. The molecule has 0 unspecified atom stereocenters. The largest absolute Gasteiger partial charge is 1.00 e. The van der Waals surface area contributed by atoms with Crippen LogP contribution in [0.3, 0.4) is 0 Å². The van der Waals surface area contributed by atoms with Crippen LogP contribution in [0.2, 0.25) is 0 Å². The van der Waals surface area contributed by atoms with Gasteiger partial charge in [0.05, 0.1) is 11.4 Å². The molecule has 0 spiro atoms. The summed E-state index contributed by atoms with van der Waals surface area (Å²) in [7, 11) is 3.94. The summed E-state index contributed by atoms with van der Waals surface area (Å²) in [4.78, 5) is 1.99. The third-order valence-electron chi connectivity index (χ3n) is 1.47. The standard InChI is InChI=1S/C8H11BrN2.ClH/c1-11(2)8-4-3-6(9)5-7(8)10;/h3-5H,10H2,1-2H3;1H/p-1. The van der Waals surface area contributed by atoms with Crippen molar-refractivity contribution in [3.05, 3.63) is 22.7 Å². The Bertz CT molecular complexity index is 263. The van der Waals surface area contributed by atoms with Gasteiger partial charge in [-0.05, 0) is 18.2 Å². The van der Waals surface area contributed by atoms with Crippen LogP contribution in [0.5, 0.6) is 0 Å². The Morgan fingerprint density at radius 2 is 1.92 bits per heavy atom. The van der Waals surface area contributed by atoms with E-state index in [0.717, 1.165) is 15.8 Å². The Morgan fingerprint density at radius 3 is 2.33 bits per heavy atom. The molecule has 0 amide bonds. The van der Waals surface area contributed by atoms with E-state index in [1.807, 2.05) is 37.2 Å².